The fourth-order valence-electron chi connectivity index (χ4n) is 1.24. The quantitative estimate of drug-likeness (QED) is 0.535. The first-order valence-corrected chi connectivity index (χ1v) is 4.67. The van der Waals surface area contributed by atoms with Crippen molar-refractivity contribution < 1.29 is 9.90 Å². The molecule has 0 aromatic rings. The Morgan fingerprint density at radius 3 is 2.45 bits per heavy atom. The summed E-state index contributed by atoms with van der Waals surface area (Å²) in [4.78, 5) is 12.1. The van der Waals surface area contributed by atoms with Gasteiger partial charge in [-0.1, -0.05) is 0 Å². The van der Waals surface area contributed by atoms with E-state index >= 15 is 0 Å². The number of carbonyl (C=O) groups is 1. The molecule has 5 heteroatoms. The van der Waals surface area contributed by atoms with E-state index in [4.69, 9.17) is 7.98 Å². The van der Waals surface area contributed by atoms with E-state index in [0.29, 0.717) is 0 Å². The molecule has 1 amide bonds. The molecule has 3 unspecified atom stereocenters. The monoisotopic (exact) mass is 171 g/mol. The molecule has 2 radical (unpaired) electrons. The van der Waals surface area contributed by atoms with Crippen LogP contribution in [-0.4, -0.2) is 47.5 Å². The lowest BCUT2D eigenvalue weighted by atomic mass is 10.2. The molecule has 1 saturated heterocycles. The third kappa shape index (κ3) is 1.27. The van der Waals surface area contributed by atoms with Crippen LogP contribution in [0.2, 0.25) is 0 Å². The molecule has 3 atom stereocenters. The SMILES string of the molecule is [B]N1C(=O)C(O)C(SC)C1C. The number of hydrogen-bond acceptors (Lipinski definition) is 3. The fourth-order valence-corrected chi connectivity index (χ4v) is 2.14. The van der Waals surface area contributed by atoms with E-state index in [1.54, 1.807) is 0 Å². The molecule has 11 heavy (non-hydrogen) atoms. The Balaban J connectivity index is 2.77. The lowest BCUT2D eigenvalue weighted by Crippen LogP contribution is -2.30. The molecule has 60 valence electrons. The van der Waals surface area contributed by atoms with Crippen LogP contribution in [0.4, 0.5) is 0 Å². The van der Waals surface area contributed by atoms with Gasteiger partial charge >= 0.3 is 0 Å². The molecule has 1 aliphatic heterocycles. The van der Waals surface area contributed by atoms with Crippen molar-refractivity contribution in [3.05, 3.63) is 0 Å². The van der Waals surface area contributed by atoms with Gasteiger partial charge in [0.05, 0.1) is 5.25 Å². The highest BCUT2D eigenvalue weighted by atomic mass is 32.2. The minimum Gasteiger partial charge on any atom is -0.391 e. The van der Waals surface area contributed by atoms with Crippen LogP contribution in [0.3, 0.4) is 0 Å². The summed E-state index contributed by atoms with van der Waals surface area (Å²) in [5.74, 6) is -0.378. The molecule has 1 aliphatic rings. The highest BCUT2D eigenvalue weighted by Crippen LogP contribution is 2.26. The lowest BCUT2D eigenvalue weighted by Gasteiger charge is -2.18. The van der Waals surface area contributed by atoms with Crippen molar-refractivity contribution in [3.8, 4) is 0 Å². The van der Waals surface area contributed by atoms with Crippen molar-refractivity contribution >= 4 is 25.7 Å². The Morgan fingerprint density at radius 1 is 1.73 bits per heavy atom. The molecule has 3 nitrogen and oxygen atoms in total. The first-order chi connectivity index (χ1) is 5.09. The van der Waals surface area contributed by atoms with Crippen LogP contribution < -0.4 is 0 Å². The maximum absolute atomic E-state index is 11.0. The first kappa shape index (κ1) is 8.94. The molecular weight excluding hydrogens is 161 g/mol. The van der Waals surface area contributed by atoms with Gasteiger partial charge in [-0.15, -0.1) is 0 Å². The molecule has 1 heterocycles. The van der Waals surface area contributed by atoms with Crippen LogP contribution in [-0.2, 0) is 4.79 Å². The molecule has 1 rings (SSSR count). The largest absolute Gasteiger partial charge is 0.391 e. The van der Waals surface area contributed by atoms with Crippen molar-refractivity contribution in [2.45, 2.75) is 24.3 Å². The molecule has 0 aliphatic carbocycles. The zero-order valence-electron chi connectivity index (χ0n) is 6.52. The molecule has 1 fully saturated rings. The van der Waals surface area contributed by atoms with Gasteiger partial charge in [-0.25, -0.2) is 0 Å². The summed E-state index contributed by atoms with van der Waals surface area (Å²) < 4.78 is 0. The van der Waals surface area contributed by atoms with Crippen molar-refractivity contribution in [1.82, 2.24) is 4.81 Å². The third-order valence-electron chi connectivity index (χ3n) is 2.01. The van der Waals surface area contributed by atoms with E-state index in [9.17, 15) is 9.90 Å². The average molecular weight is 171 g/mol. The summed E-state index contributed by atoms with van der Waals surface area (Å²) in [6.45, 7) is 1.83. The van der Waals surface area contributed by atoms with Gasteiger partial charge in [0, 0.05) is 6.04 Å². The summed E-state index contributed by atoms with van der Waals surface area (Å²) >= 11 is 1.46. The van der Waals surface area contributed by atoms with Gasteiger partial charge in [0.15, 0.2) is 0 Å². The number of nitrogens with zero attached hydrogens (tertiary/aromatic N) is 1. The Morgan fingerprint density at radius 2 is 2.27 bits per heavy atom. The Kier molecular flexibility index (Phi) is 2.49. The predicted octanol–water partition coefficient (Wildman–Crippen LogP) is -0.607. The molecule has 0 aromatic heterocycles. The van der Waals surface area contributed by atoms with E-state index in [1.165, 1.54) is 11.8 Å². The summed E-state index contributed by atoms with van der Waals surface area (Å²) in [6.07, 6.45) is 0.932. The predicted molar refractivity (Wildman–Crippen MR) is 45.4 cm³/mol. The molecule has 0 bridgehead atoms. The molecule has 0 aromatic carbocycles. The van der Waals surface area contributed by atoms with Crippen LogP contribution in [0, 0.1) is 0 Å². The van der Waals surface area contributed by atoms with E-state index in [-0.39, 0.29) is 17.2 Å². The number of thioether (sulfide) groups is 1. The number of aliphatic hydroxyl groups excluding tert-OH is 1. The van der Waals surface area contributed by atoms with Gasteiger partial charge in [0.25, 0.3) is 0 Å². The second-order valence-corrected chi connectivity index (χ2v) is 3.65. The van der Waals surface area contributed by atoms with Crippen LogP contribution in [0.1, 0.15) is 6.92 Å². The smallest absolute Gasteiger partial charge is 0.240 e. The van der Waals surface area contributed by atoms with Gasteiger partial charge in [0.2, 0.25) is 13.9 Å². The number of hydrogen-bond donors (Lipinski definition) is 1. The Bertz CT molecular complexity index is 178. The third-order valence-corrected chi connectivity index (χ3v) is 3.20. The van der Waals surface area contributed by atoms with Crippen molar-refractivity contribution in [2.24, 2.45) is 0 Å². The maximum atomic E-state index is 11.0. The number of rotatable bonds is 1. The Labute approximate surface area is 71.6 Å². The Hall–Kier alpha value is -0.155. The van der Waals surface area contributed by atoms with Crippen molar-refractivity contribution in [2.75, 3.05) is 6.26 Å². The second-order valence-electron chi connectivity index (χ2n) is 2.63. The highest BCUT2D eigenvalue weighted by Gasteiger charge is 2.41. The average Bonchev–Trinajstić information content (AvgIpc) is 2.17. The minimum atomic E-state index is -0.926. The molecule has 1 N–H and O–H groups in total. The van der Waals surface area contributed by atoms with E-state index < -0.39 is 6.10 Å². The van der Waals surface area contributed by atoms with Crippen molar-refractivity contribution in [3.63, 3.8) is 0 Å². The van der Waals surface area contributed by atoms with E-state index in [2.05, 4.69) is 0 Å². The van der Waals surface area contributed by atoms with E-state index in [0.717, 1.165) is 4.81 Å². The lowest BCUT2D eigenvalue weighted by molar-refractivity contribution is -0.130. The van der Waals surface area contributed by atoms with Gasteiger partial charge in [-0.05, 0) is 13.2 Å². The summed E-state index contributed by atoms with van der Waals surface area (Å²) in [5, 5.41) is 9.22. The first-order valence-electron chi connectivity index (χ1n) is 3.38. The normalized spacial score (nSPS) is 38.3. The van der Waals surface area contributed by atoms with Crippen LogP contribution in [0.25, 0.3) is 0 Å². The molecule has 0 saturated carbocycles. The van der Waals surface area contributed by atoms with Crippen LogP contribution in [0.15, 0.2) is 0 Å². The van der Waals surface area contributed by atoms with Gasteiger partial charge in [-0.2, -0.15) is 11.8 Å². The second kappa shape index (κ2) is 3.07. The summed E-state index contributed by atoms with van der Waals surface area (Å²) in [6, 6.07) is -0.0764. The van der Waals surface area contributed by atoms with Crippen LogP contribution in [0.5, 0.6) is 0 Å². The number of aliphatic hydroxyl groups is 1. The maximum Gasteiger partial charge on any atom is 0.240 e. The number of amides is 1. The summed E-state index contributed by atoms with van der Waals surface area (Å²) in [5.41, 5.74) is 0. The molecule has 0 spiro atoms. The van der Waals surface area contributed by atoms with Crippen LogP contribution >= 0.6 is 11.8 Å². The number of carbonyl (C=O) groups excluding carboxylic acids is 1. The minimum absolute atomic E-state index is 0.0764. The zero-order chi connectivity index (χ0) is 8.59. The van der Waals surface area contributed by atoms with Gasteiger partial charge in [0.1, 0.15) is 6.10 Å². The topological polar surface area (TPSA) is 40.5 Å². The van der Waals surface area contributed by atoms with E-state index in [1.807, 2.05) is 13.2 Å². The zero-order valence-corrected chi connectivity index (χ0v) is 7.34. The highest BCUT2D eigenvalue weighted by molar-refractivity contribution is 7.99. The standard InChI is InChI=1S/C6H10BNO2S/c1-3-5(11-2)4(9)6(10)8(3)7/h3-5,9H,1-2H3. The van der Waals surface area contributed by atoms with Gasteiger partial charge < -0.3 is 9.92 Å². The summed E-state index contributed by atoms with van der Waals surface area (Å²) in [7, 11) is 5.39. The van der Waals surface area contributed by atoms with Crippen molar-refractivity contribution in [1.29, 1.82) is 0 Å². The fraction of sp³-hybridized carbons (Fsp3) is 0.833. The van der Waals surface area contributed by atoms with Gasteiger partial charge in [-0.3, -0.25) is 4.79 Å². The molecular formula is C6H10BNO2S.